The number of aldehydes is 1. The van der Waals surface area contributed by atoms with Gasteiger partial charge in [0.15, 0.2) is 5.01 Å². The van der Waals surface area contributed by atoms with Gasteiger partial charge in [0.25, 0.3) is 5.91 Å². The van der Waals surface area contributed by atoms with Crippen LogP contribution in [0.2, 0.25) is 0 Å². The molecule has 0 bridgehead atoms. The molecule has 3 aromatic rings. The van der Waals surface area contributed by atoms with E-state index in [9.17, 15) is 9.59 Å². The Labute approximate surface area is 194 Å². The van der Waals surface area contributed by atoms with Crippen molar-refractivity contribution < 1.29 is 9.59 Å². The lowest BCUT2D eigenvalue weighted by atomic mass is 9.64. The largest absolute Gasteiger partial charge is 0.364 e. The quantitative estimate of drug-likeness (QED) is 0.461. The first-order chi connectivity index (χ1) is 14.7. The van der Waals surface area contributed by atoms with Crippen molar-refractivity contribution in [3.8, 4) is 0 Å². The van der Waals surface area contributed by atoms with E-state index in [1.54, 1.807) is 0 Å². The molecule has 1 amide bonds. The molecule has 162 valence electrons. The topological polar surface area (TPSA) is 85.9 Å². The van der Waals surface area contributed by atoms with Gasteiger partial charge in [-0.2, -0.15) is 0 Å². The number of amides is 1. The SMILES string of the molecule is CC(C)(C)C1Cc2cc3nc(C(N)=O)sc3nc2C([C@@H](CC=O)c2ccc(Br)cc2)C1. The van der Waals surface area contributed by atoms with E-state index in [2.05, 4.69) is 59.9 Å². The van der Waals surface area contributed by atoms with Crippen LogP contribution >= 0.6 is 27.3 Å². The van der Waals surface area contributed by atoms with Gasteiger partial charge in [0.1, 0.15) is 16.6 Å². The zero-order chi connectivity index (χ0) is 22.3. The van der Waals surface area contributed by atoms with E-state index in [1.165, 1.54) is 11.3 Å². The molecule has 1 aliphatic carbocycles. The lowest BCUT2D eigenvalue weighted by Crippen LogP contribution is -2.32. The Balaban J connectivity index is 1.87. The average Bonchev–Trinajstić information content (AvgIpc) is 3.13. The Morgan fingerprint density at radius 2 is 2.00 bits per heavy atom. The Morgan fingerprint density at radius 3 is 2.61 bits per heavy atom. The molecular weight excluding hydrogens is 474 g/mol. The van der Waals surface area contributed by atoms with Crippen molar-refractivity contribution in [2.75, 3.05) is 0 Å². The van der Waals surface area contributed by atoms with E-state index in [-0.39, 0.29) is 22.3 Å². The second kappa shape index (κ2) is 8.43. The molecule has 1 aromatic carbocycles. The van der Waals surface area contributed by atoms with E-state index >= 15 is 0 Å². The summed E-state index contributed by atoms with van der Waals surface area (Å²) < 4.78 is 1.01. The van der Waals surface area contributed by atoms with Crippen LogP contribution in [0.4, 0.5) is 0 Å². The minimum Gasteiger partial charge on any atom is -0.364 e. The Bertz CT molecular complexity index is 1130. The first kappa shape index (κ1) is 22.1. The standard InChI is InChI=1S/C24H26BrN3O2S/c1-24(2,3)15-10-14-11-19-22(31-23(27-19)21(26)30)28-20(14)18(12-15)17(8-9-29)13-4-6-16(25)7-5-13/h4-7,9,11,15,17-18H,8,10,12H2,1-3H3,(H2,26,30)/t15?,17-,18?/m0/s1. The zero-order valence-electron chi connectivity index (χ0n) is 17.9. The van der Waals surface area contributed by atoms with Crippen molar-refractivity contribution in [2.24, 2.45) is 17.1 Å². The van der Waals surface area contributed by atoms with Crippen molar-refractivity contribution in [1.82, 2.24) is 9.97 Å². The van der Waals surface area contributed by atoms with Crippen molar-refractivity contribution in [3.05, 3.63) is 56.6 Å². The molecule has 0 spiro atoms. The molecule has 2 aromatic heterocycles. The Kier molecular flexibility index (Phi) is 6.01. The molecule has 0 saturated carbocycles. The summed E-state index contributed by atoms with van der Waals surface area (Å²) in [7, 11) is 0. The summed E-state index contributed by atoms with van der Waals surface area (Å²) in [5.41, 5.74) is 9.64. The minimum atomic E-state index is -0.529. The van der Waals surface area contributed by atoms with Crippen LogP contribution in [-0.2, 0) is 11.2 Å². The molecule has 0 fully saturated rings. The van der Waals surface area contributed by atoms with Crippen LogP contribution in [-0.4, -0.2) is 22.2 Å². The summed E-state index contributed by atoms with van der Waals surface area (Å²) in [4.78, 5) is 33.5. The van der Waals surface area contributed by atoms with Gasteiger partial charge in [0.2, 0.25) is 0 Å². The molecule has 2 unspecified atom stereocenters. The van der Waals surface area contributed by atoms with Crippen LogP contribution in [0.25, 0.3) is 10.3 Å². The van der Waals surface area contributed by atoms with Gasteiger partial charge in [-0.05, 0) is 59.4 Å². The predicted molar refractivity (Wildman–Crippen MR) is 128 cm³/mol. The van der Waals surface area contributed by atoms with Crippen molar-refractivity contribution in [3.63, 3.8) is 0 Å². The van der Waals surface area contributed by atoms with Gasteiger partial charge in [0, 0.05) is 22.5 Å². The zero-order valence-corrected chi connectivity index (χ0v) is 20.3. The molecule has 3 atom stereocenters. The highest BCUT2D eigenvalue weighted by Gasteiger charge is 2.39. The van der Waals surface area contributed by atoms with Crippen LogP contribution in [0.1, 0.15) is 72.1 Å². The highest BCUT2D eigenvalue weighted by molar-refractivity contribution is 9.10. The van der Waals surface area contributed by atoms with Crippen LogP contribution in [0, 0.1) is 11.3 Å². The van der Waals surface area contributed by atoms with E-state index in [0.717, 1.165) is 50.8 Å². The molecule has 2 N–H and O–H groups in total. The number of carbonyl (C=O) groups excluding carboxylic acids is 2. The number of rotatable bonds is 5. The molecule has 0 radical (unpaired) electrons. The minimum absolute atomic E-state index is 0.0444. The number of nitrogens with two attached hydrogens (primary N) is 1. The molecular formula is C24H26BrN3O2S. The van der Waals surface area contributed by atoms with Gasteiger partial charge >= 0.3 is 0 Å². The van der Waals surface area contributed by atoms with E-state index in [0.29, 0.717) is 12.3 Å². The number of fused-ring (bicyclic) bond motifs is 2. The fraction of sp³-hybridized carbons (Fsp3) is 0.417. The van der Waals surface area contributed by atoms with Crippen LogP contribution in [0.15, 0.2) is 34.8 Å². The third-order valence-electron chi connectivity index (χ3n) is 6.42. The van der Waals surface area contributed by atoms with Gasteiger partial charge in [-0.1, -0.05) is 60.2 Å². The Morgan fingerprint density at radius 1 is 1.29 bits per heavy atom. The number of thiazole rings is 1. The second-order valence-electron chi connectivity index (χ2n) is 9.41. The number of hydrogen-bond donors (Lipinski definition) is 1. The summed E-state index contributed by atoms with van der Waals surface area (Å²) in [6.45, 7) is 6.82. The maximum absolute atomic E-state index is 11.7. The van der Waals surface area contributed by atoms with Crippen LogP contribution in [0.5, 0.6) is 0 Å². The first-order valence-corrected chi connectivity index (χ1v) is 12.1. The number of hydrogen-bond acceptors (Lipinski definition) is 5. The van der Waals surface area contributed by atoms with Crippen molar-refractivity contribution in [2.45, 2.75) is 51.9 Å². The molecule has 0 aliphatic heterocycles. The number of nitrogens with zero attached hydrogens (tertiary/aromatic N) is 2. The highest BCUT2D eigenvalue weighted by atomic mass is 79.9. The van der Waals surface area contributed by atoms with Gasteiger partial charge in [-0.3, -0.25) is 4.79 Å². The summed E-state index contributed by atoms with van der Waals surface area (Å²) >= 11 is 4.74. The van der Waals surface area contributed by atoms with Gasteiger partial charge in [0.05, 0.1) is 0 Å². The number of benzene rings is 1. The summed E-state index contributed by atoms with van der Waals surface area (Å²) in [6.07, 6.45) is 3.34. The van der Waals surface area contributed by atoms with E-state index < -0.39 is 5.91 Å². The number of pyridine rings is 1. The monoisotopic (exact) mass is 499 g/mol. The van der Waals surface area contributed by atoms with Gasteiger partial charge in [-0.25, -0.2) is 9.97 Å². The molecule has 1 aliphatic rings. The molecule has 31 heavy (non-hydrogen) atoms. The summed E-state index contributed by atoms with van der Waals surface area (Å²) in [5.74, 6) is 0.0766. The summed E-state index contributed by atoms with van der Waals surface area (Å²) in [6, 6.07) is 10.3. The number of primary amides is 1. The number of carbonyl (C=O) groups is 2. The van der Waals surface area contributed by atoms with Crippen LogP contribution < -0.4 is 5.73 Å². The summed E-state index contributed by atoms with van der Waals surface area (Å²) in [5, 5.41) is 0.283. The smallest absolute Gasteiger partial charge is 0.277 e. The van der Waals surface area contributed by atoms with Gasteiger partial charge in [-0.15, -0.1) is 0 Å². The third kappa shape index (κ3) is 4.44. The average molecular weight is 500 g/mol. The molecule has 4 rings (SSSR count). The molecule has 5 nitrogen and oxygen atoms in total. The van der Waals surface area contributed by atoms with Crippen LogP contribution in [0.3, 0.4) is 0 Å². The number of aromatic nitrogens is 2. The van der Waals surface area contributed by atoms with E-state index in [1.807, 2.05) is 12.1 Å². The molecule has 7 heteroatoms. The lowest BCUT2D eigenvalue weighted by molar-refractivity contribution is -0.108. The van der Waals surface area contributed by atoms with Crippen molar-refractivity contribution in [1.29, 1.82) is 0 Å². The normalized spacial score (nSPS) is 19.7. The van der Waals surface area contributed by atoms with Crippen molar-refractivity contribution >= 4 is 49.8 Å². The second-order valence-corrected chi connectivity index (χ2v) is 11.3. The Hall–Kier alpha value is -2.12. The first-order valence-electron chi connectivity index (χ1n) is 10.5. The molecule has 2 heterocycles. The number of halogens is 1. The fourth-order valence-corrected chi connectivity index (χ4v) is 5.68. The van der Waals surface area contributed by atoms with Gasteiger partial charge < -0.3 is 10.5 Å². The lowest BCUT2D eigenvalue weighted by Gasteiger charge is -2.41. The highest BCUT2D eigenvalue weighted by Crippen LogP contribution is 2.49. The predicted octanol–water partition coefficient (Wildman–Crippen LogP) is 5.62. The van der Waals surface area contributed by atoms with E-state index in [4.69, 9.17) is 10.7 Å². The third-order valence-corrected chi connectivity index (χ3v) is 7.93. The maximum Gasteiger partial charge on any atom is 0.277 e. The fourth-order valence-electron chi connectivity index (χ4n) is 4.64. The molecule has 0 saturated heterocycles. The maximum atomic E-state index is 11.7.